The lowest BCUT2D eigenvalue weighted by Gasteiger charge is -2.38. The number of halogens is 1. The van der Waals surface area contributed by atoms with Gasteiger partial charge >= 0.3 is 0 Å². The van der Waals surface area contributed by atoms with Gasteiger partial charge in [-0.2, -0.15) is 0 Å². The van der Waals surface area contributed by atoms with Crippen LogP contribution in [-0.2, 0) is 6.24 Å². The summed E-state index contributed by atoms with van der Waals surface area (Å²) in [6.07, 6.45) is 3.15. The van der Waals surface area contributed by atoms with Crippen molar-refractivity contribution in [2.24, 2.45) is 0 Å². The van der Waals surface area contributed by atoms with Crippen molar-refractivity contribution in [3.05, 3.63) is 90.5 Å². The van der Waals surface area contributed by atoms with Gasteiger partial charge in [0.05, 0.1) is 0 Å². The van der Waals surface area contributed by atoms with Crippen LogP contribution in [0.3, 0.4) is 0 Å². The van der Waals surface area contributed by atoms with Crippen LogP contribution in [0.25, 0.3) is 0 Å². The lowest BCUT2D eigenvalue weighted by Crippen LogP contribution is -2.25. The summed E-state index contributed by atoms with van der Waals surface area (Å²) in [6.45, 7) is 0. The normalized spacial score (nSPS) is 17.1. The molecule has 0 radical (unpaired) electrons. The lowest BCUT2D eigenvalue weighted by atomic mass is 9.84. The molecule has 0 amide bonds. The number of benzene rings is 3. The first-order valence-corrected chi connectivity index (χ1v) is 14.2. The topological polar surface area (TPSA) is 17.1 Å². The molecular weight excluding hydrogens is 463 g/mol. The molecule has 0 aromatic heterocycles. The van der Waals surface area contributed by atoms with Crippen LogP contribution in [-0.4, -0.2) is 4.21 Å². The van der Waals surface area contributed by atoms with Crippen LogP contribution in [0.15, 0.2) is 99.6 Å². The van der Waals surface area contributed by atoms with E-state index in [0.717, 1.165) is 14.7 Å². The standard InChI is InChI=1S/C24H25IOS/c25-27(26,22-12-6-2-7-13-22,23-14-8-3-9-15-23)24-18-16-21(17-19-24)20-10-4-1-5-11-20/h2-3,6-9,12-20H,1,4-5,10-11H2. The molecule has 3 aromatic rings. The molecule has 27 heavy (non-hydrogen) atoms. The Morgan fingerprint density at radius 1 is 0.630 bits per heavy atom. The van der Waals surface area contributed by atoms with Crippen molar-refractivity contribution in [2.45, 2.75) is 52.7 Å². The van der Waals surface area contributed by atoms with Crippen molar-refractivity contribution < 1.29 is 4.21 Å². The average molecular weight is 488 g/mol. The van der Waals surface area contributed by atoms with Gasteiger partial charge in [0.2, 0.25) is 0 Å². The maximum Gasteiger partial charge on any atom is 0.0343 e. The molecule has 3 heteroatoms. The molecule has 1 nitrogen and oxygen atoms in total. The molecule has 0 unspecified atom stereocenters. The molecule has 140 valence electrons. The third-order valence-electron chi connectivity index (χ3n) is 5.71. The summed E-state index contributed by atoms with van der Waals surface area (Å²) < 4.78 is 14.9. The van der Waals surface area contributed by atoms with E-state index in [-0.39, 0.29) is 0 Å². The van der Waals surface area contributed by atoms with Gasteiger partial charge in [0, 0.05) is 42.1 Å². The van der Waals surface area contributed by atoms with E-state index in [4.69, 9.17) is 0 Å². The minimum absolute atomic E-state index is 0.658. The predicted molar refractivity (Wildman–Crippen MR) is 122 cm³/mol. The van der Waals surface area contributed by atoms with Crippen molar-refractivity contribution in [1.82, 2.24) is 0 Å². The number of hydrogen-bond donors (Lipinski definition) is 0. The Balaban J connectivity index is 1.84. The molecule has 0 aliphatic heterocycles. The van der Waals surface area contributed by atoms with Gasteiger partial charge in [0.1, 0.15) is 0 Å². The van der Waals surface area contributed by atoms with E-state index < -0.39 is 6.24 Å². The fourth-order valence-corrected chi connectivity index (χ4v) is 9.52. The van der Waals surface area contributed by atoms with E-state index >= 15 is 0 Å². The highest BCUT2D eigenvalue weighted by molar-refractivity contribution is 14.2. The van der Waals surface area contributed by atoms with E-state index in [9.17, 15) is 4.21 Å². The summed E-state index contributed by atoms with van der Waals surface area (Å²) in [5, 5.41) is 0. The van der Waals surface area contributed by atoms with Crippen LogP contribution in [0, 0.1) is 0 Å². The first-order chi connectivity index (χ1) is 13.1. The Morgan fingerprint density at radius 2 is 1.07 bits per heavy atom. The molecule has 4 rings (SSSR count). The Labute approximate surface area is 174 Å². The highest BCUT2D eigenvalue weighted by atomic mass is 127. The molecule has 0 heterocycles. The Hall–Kier alpha value is -1.46. The molecule has 1 aliphatic carbocycles. The maximum atomic E-state index is 14.9. The summed E-state index contributed by atoms with van der Waals surface area (Å²) in [5.41, 5.74) is 1.39. The fourth-order valence-electron chi connectivity index (χ4n) is 4.15. The molecule has 0 N–H and O–H groups in total. The van der Waals surface area contributed by atoms with Crippen LogP contribution in [0.1, 0.15) is 43.6 Å². The van der Waals surface area contributed by atoms with E-state index in [2.05, 4.69) is 45.5 Å². The van der Waals surface area contributed by atoms with Crippen LogP contribution in [0.4, 0.5) is 0 Å². The van der Waals surface area contributed by atoms with Crippen molar-refractivity contribution in [3.8, 4) is 0 Å². The first-order valence-electron chi connectivity index (χ1n) is 9.68. The lowest BCUT2D eigenvalue weighted by molar-refractivity contribution is 0.443. The summed E-state index contributed by atoms with van der Waals surface area (Å²) in [5.74, 6) is 0.658. The van der Waals surface area contributed by atoms with E-state index in [1.165, 1.54) is 37.7 Å². The monoisotopic (exact) mass is 488 g/mol. The average Bonchev–Trinajstić information content (AvgIpc) is 2.76. The molecular formula is C24H25IOS. The SMILES string of the molecule is O=S(I)(c1ccccc1)(c1ccccc1)c1ccc(C2CCCCC2)cc1. The van der Waals surface area contributed by atoms with Crippen LogP contribution >= 0.6 is 21.2 Å². The zero-order valence-electron chi connectivity index (χ0n) is 15.4. The Morgan fingerprint density at radius 3 is 1.56 bits per heavy atom. The van der Waals surface area contributed by atoms with Gasteiger partial charge < -0.3 is 0 Å². The summed E-state index contributed by atoms with van der Waals surface area (Å²) in [7, 11) is 0. The van der Waals surface area contributed by atoms with Crippen LogP contribution in [0.5, 0.6) is 0 Å². The first kappa shape index (κ1) is 18.9. The second kappa shape index (κ2) is 7.51. The highest BCUT2D eigenvalue weighted by Gasteiger charge is 2.40. The van der Waals surface area contributed by atoms with Crippen molar-refractivity contribution in [2.75, 3.05) is 0 Å². The number of hydrogen-bond acceptors (Lipinski definition) is 1. The zero-order valence-corrected chi connectivity index (χ0v) is 18.4. The van der Waals surface area contributed by atoms with Gasteiger partial charge in [-0.15, -0.1) is 0 Å². The molecule has 1 fully saturated rings. The molecule has 0 spiro atoms. The van der Waals surface area contributed by atoms with Crippen molar-refractivity contribution >= 4 is 27.4 Å². The number of rotatable bonds is 4. The minimum atomic E-state index is -3.42. The van der Waals surface area contributed by atoms with Crippen LogP contribution < -0.4 is 0 Å². The summed E-state index contributed by atoms with van der Waals surface area (Å²) in [6, 6.07) is 28.4. The molecule has 1 aliphatic rings. The quantitative estimate of drug-likeness (QED) is 0.277. The second-order valence-electron chi connectivity index (χ2n) is 7.38. The summed E-state index contributed by atoms with van der Waals surface area (Å²) in [4.78, 5) is 2.63. The maximum absolute atomic E-state index is 14.9. The molecule has 0 saturated heterocycles. The third kappa shape index (κ3) is 3.40. The Kier molecular flexibility index (Phi) is 5.26. The largest absolute Gasteiger partial charge is 0.259 e. The highest BCUT2D eigenvalue weighted by Crippen LogP contribution is 2.56. The third-order valence-corrected chi connectivity index (χ3v) is 13.6. The van der Waals surface area contributed by atoms with Gasteiger partial charge in [-0.3, -0.25) is 4.21 Å². The molecule has 1 saturated carbocycles. The van der Waals surface area contributed by atoms with E-state index in [1.807, 2.05) is 60.7 Å². The van der Waals surface area contributed by atoms with Crippen LogP contribution in [0.2, 0.25) is 0 Å². The van der Waals surface area contributed by atoms with Crippen molar-refractivity contribution in [1.29, 1.82) is 0 Å². The van der Waals surface area contributed by atoms with Gasteiger partial charge in [-0.1, -0.05) is 67.8 Å². The predicted octanol–water partition coefficient (Wildman–Crippen LogP) is 7.38. The minimum Gasteiger partial charge on any atom is -0.259 e. The van der Waals surface area contributed by atoms with Gasteiger partial charge in [0.25, 0.3) is 0 Å². The van der Waals surface area contributed by atoms with E-state index in [1.54, 1.807) is 0 Å². The molecule has 0 atom stereocenters. The summed E-state index contributed by atoms with van der Waals surface area (Å²) >= 11 is 2.23. The molecule has 0 bridgehead atoms. The van der Waals surface area contributed by atoms with Gasteiger partial charge in [-0.05, 0) is 60.7 Å². The van der Waals surface area contributed by atoms with Gasteiger partial charge in [0.15, 0.2) is 0 Å². The van der Waals surface area contributed by atoms with E-state index in [0.29, 0.717) is 5.92 Å². The second-order valence-corrected chi connectivity index (χ2v) is 15.5. The van der Waals surface area contributed by atoms with Gasteiger partial charge in [-0.25, -0.2) is 0 Å². The zero-order chi connectivity index (χ0) is 18.8. The fraction of sp³-hybridized carbons (Fsp3) is 0.250. The van der Waals surface area contributed by atoms with Crippen molar-refractivity contribution in [3.63, 3.8) is 0 Å². The smallest absolute Gasteiger partial charge is 0.0343 e. The molecule has 3 aromatic carbocycles. The Bertz CT molecular complexity index is 915.